The molecule has 0 bridgehead atoms. The highest BCUT2D eigenvalue weighted by Crippen LogP contribution is 2.21. The fraction of sp³-hybridized carbons (Fsp3) is 0.889. The number of carbonyl (C=O) groups is 1. The van der Waals surface area contributed by atoms with Crippen LogP contribution in [0.5, 0.6) is 0 Å². The number of rotatable bonds is 5. The molecule has 0 aromatic rings. The summed E-state index contributed by atoms with van der Waals surface area (Å²) in [5.41, 5.74) is -0.592. The zero-order chi connectivity index (χ0) is 9.78. The number of nitrogens with zero attached hydrogens (tertiary/aromatic N) is 1. The standard InChI is InChI=1S/C9H19NO2/c1-5-9(3,8(11)12)7-10(4)6-2/h5-7H2,1-4H3,(H,11,12). The Bertz CT molecular complexity index is 159. The van der Waals surface area contributed by atoms with Crippen LogP contribution in [0.3, 0.4) is 0 Å². The Labute approximate surface area is 74.4 Å². The van der Waals surface area contributed by atoms with Crippen LogP contribution in [0.1, 0.15) is 27.2 Å². The van der Waals surface area contributed by atoms with E-state index in [-0.39, 0.29) is 0 Å². The predicted molar refractivity (Wildman–Crippen MR) is 49.2 cm³/mol. The lowest BCUT2D eigenvalue weighted by atomic mass is 9.87. The van der Waals surface area contributed by atoms with Gasteiger partial charge in [-0.1, -0.05) is 13.8 Å². The minimum absolute atomic E-state index is 0.592. The summed E-state index contributed by atoms with van der Waals surface area (Å²) in [5.74, 6) is -0.703. The van der Waals surface area contributed by atoms with Crippen molar-refractivity contribution in [3.63, 3.8) is 0 Å². The Morgan fingerprint density at radius 1 is 1.50 bits per heavy atom. The lowest BCUT2D eigenvalue weighted by Crippen LogP contribution is -2.39. The Hall–Kier alpha value is -0.570. The molecule has 1 unspecified atom stereocenters. The van der Waals surface area contributed by atoms with Crippen LogP contribution in [0.2, 0.25) is 0 Å². The minimum atomic E-state index is -0.703. The molecular weight excluding hydrogens is 154 g/mol. The van der Waals surface area contributed by atoms with Gasteiger partial charge in [-0.15, -0.1) is 0 Å². The van der Waals surface area contributed by atoms with Gasteiger partial charge < -0.3 is 10.0 Å². The van der Waals surface area contributed by atoms with Gasteiger partial charge in [-0.2, -0.15) is 0 Å². The largest absolute Gasteiger partial charge is 0.481 e. The molecule has 1 atom stereocenters. The average molecular weight is 173 g/mol. The third kappa shape index (κ3) is 2.81. The van der Waals surface area contributed by atoms with Crippen molar-refractivity contribution in [2.45, 2.75) is 27.2 Å². The Morgan fingerprint density at radius 3 is 2.25 bits per heavy atom. The number of hydrogen-bond acceptors (Lipinski definition) is 2. The Morgan fingerprint density at radius 2 is 2.00 bits per heavy atom. The molecule has 0 aliphatic carbocycles. The summed E-state index contributed by atoms with van der Waals surface area (Å²) < 4.78 is 0. The van der Waals surface area contributed by atoms with Crippen molar-refractivity contribution >= 4 is 5.97 Å². The van der Waals surface area contributed by atoms with E-state index < -0.39 is 11.4 Å². The van der Waals surface area contributed by atoms with E-state index in [0.29, 0.717) is 13.0 Å². The van der Waals surface area contributed by atoms with Crippen molar-refractivity contribution < 1.29 is 9.90 Å². The molecule has 72 valence electrons. The summed E-state index contributed by atoms with van der Waals surface area (Å²) >= 11 is 0. The van der Waals surface area contributed by atoms with E-state index in [0.717, 1.165) is 6.54 Å². The first-order valence-electron chi connectivity index (χ1n) is 4.38. The van der Waals surface area contributed by atoms with Crippen LogP contribution in [0.15, 0.2) is 0 Å². The van der Waals surface area contributed by atoms with Gasteiger partial charge >= 0.3 is 5.97 Å². The molecule has 0 rings (SSSR count). The van der Waals surface area contributed by atoms with Crippen molar-refractivity contribution in [2.24, 2.45) is 5.41 Å². The van der Waals surface area contributed by atoms with Gasteiger partial charge in [0.25, 0.3) is 0 Å². The van der Waals surface area contributed by atoms with Crippen LogP contribution in [0.25, 0.3) is 0 Å². The molecule has 0 saturated carbocycles. The fourth-order valence-electron chi connectivity index (χ4n) is 1.04. The van der Waals surface area contributed by atoms with Crippen LogP contribution >= 0.6 is 0 Å². The molecule has 0 spiro atoms. The van der Waals surface area contributed by atoms with Crippen molar-refractivity contribution in [1.82, 2.24) is 4.90 Å². The van der Waals surface area contributed by atoms with Crippen LogP contribution in [-0.4, -0.2) is 36.1 Å². The van der Waals surface area contributed by atoms with Crippen molar-refractivity contribution in [2.75, 3.05) is 20.1 Å². The van der Waals surface area contributed by atoms with E-state index in [1.807, 2.05) is 25.8 Å². The van der Waals surface area contributed by atoms with E-state index in [9.17, 15) is 4.79 Å². The topological polar surface area (TPSA) is 40.5 Å². The molecule has 0 aromatic heterocycles. The smallest absolute Gasteiger partial charge is 0.310 e. The summed E-state index contributed by atoms with van der Waals surface area (Å²) in [7, 11) is 1.94. The molecule has 1 N–H and O–H groups in total. The van der Waals surface area contributed by atoms with Gasteiger partial charge in [-0.05, 0) is 26.9 Å². The normalized spacial score (nSPS) is 16.1. The molecule has 0 heterocycles. The van der Waals surface area contributed by atoms with Crippen molar-refractivity contribution in [3.8, 4) is 0 Å². The second-order valence-electron chi connectivity index (χ2n) is 3.55. The monoisotopic (exact) mass is 173 g/mol. The number of carboxylic acid groups (broad SMARTS) is 1. The lowest BCUT2D eigenvalue weighted by molar-refractivity contribution is -0.149. The molecule has 0 fully saturated rings. The van der Waals surface area contributed by atoms with Crippen LogP contribution in [0, 0.1) is 5.41 Å². The van der Waals surface area contributed by atoms with Crippen LogP contribution in [-0.2, 0) is 4.79 Å². The Kier molecular flexibility index (Phi) is 4.24. The van der Waals surface area contributed by atoms with Gasteiger partial charge in [0.1, 0.15) is 0 Å². The fourth-order valence-corrected chi connectivity index (χ4v) is 1.04. The van der Waals surface area contributed by atoms with Gasteiger partial charge in [-0.25, -0.2) is 0 Å². The third-order valence-electron chi connectivity index (χ3n) is 2.46. The maximum Gasteiger partial charge on any atom is 0.310 e. The second kappa shape index (κ2) is 4.45. The quantitative estimate of drug-likeness (QED) is 0.684. The molecule has 0 saturated heterocycles. The number of aliphatic carboxylic acids is 1. The zero-order valence-electron chi connectivity index (χ0n) is 8.42. The third-order valence-corrected chi connectivity index (χ3v) is 2.46. The van der Waals surface area contributed by atoms with Gasteiger partial charge in [0.05, 0.1) is 5.41 Å². The number of hydrogen-bond donors (Lipinski definition) is 1. The molecule has 0 aromatic carbocycles. The maximum atomic E-state index is 10.9. The summed E-state index contributed by atoms with van der Waals surface area (Å²) in [6.45, 7) is 7.25. The zero-order valence-corrected chi connectivity index (χ0v) is 8.42. The van der Waals surface area contributed by atoms with Gasteiger partial charge in [0.15, 0.2) is 0 Å². The highest BCUT2D eigenvalue weighted by Gasteiger charge is 2.31. The molecule has 3 nitrogen and oxygen atoms in total. The maximum absolute atomic E-state index is 10.9. The van der Waals surface area contributed by atoms with Gasteiger partial charge in [-0.3, -0.25) is 4.79 Å². The molecule has 0 radical (unpaired) electrons. The number of carboxylic acids is 1. The molecular formula is C9H19NO2. The van der Waals surface area contributed by atoms with Crippen molar-refractivity contribution in [1.29, 1.82) is 0 Å². The second-order valence-corrected chi connectivity index (χ2v) is 3.55. The molecule has 12 heavy (non-hydrogen) atoms. The first kappa shape index (κ1) is 11.4. The van der Waals surface area contributed by atoms with Gasteiger partial charge in [0.2, 0.25) is 0 Å². The first-order valence-corrected chi connectivity index (χ1v) is 4.38. The van der Waals surface area contributed by atoms with E-state index in [1.54, 1.807) is 6.92 Å². The molecule has 3 heteroatoms. The summed E-state index contributed by atoms with van der Waals surface area (Å²) in [4.78, 5) is 12.9. The summed E-state index contributed by atoms with van der Waals surface area (Å²) in [6.07, 6.45) is 0.673. The Balaban J connectivity index is 4.23. The minimum Gasteiger partial charge on any atom is -0.481 e. The molecule has 0 aliphatic rings. The van der Waals surface area contributed by atoms with Gasteiger partial charge in [0, 0.05) is 6.54 Å². The van der Waals surface area contributed by atoms with Crippen LogP contribution < -0.4 is 0 Å². The summed E-state index contributed by atoms with van der Waals surface area (Å²) in [6, 6.07) is 0. The van der Waals surface area contributed by atoms with E-state index in [1.165, 1.54) is 0 Å². The van der Waals surface area contributed by atoms with Crippen LogP contribution in [0.4, 0.5) is 0 Å². The van der Waals surface area contributed by atoms with E-state index >= 15 is 0 Å². The van der Waals surface area contributed by atoms with Crippen molar-refractivity contribution in [3.05, 3.63) is 0 Å². The SMILES string of the molecule is CCN(C)CC(C)(CC)C(=O)O. The highest BCUT2D eigenvalue weighted by molar-refractivity contribution is 5.74. The lowest BCUT2D eigenvalue weighted by Gasteiger charge is -2.28. The van der Waals surface area contributed by atoms with E-state index in [4.69, 9.17) is 5.11 Å². The molecule has 0 aliphatic heterocycles. The predicted octanol–water partition coefficient (Wildman–Crippen LogP) is 1.44. The van der Waals surface area contributed by atoms with E-state index in [2.05, 4.69) is 0 Å². The summed E-state index contributed by atoms with van der Waals surface area (Å²) in [5, 5.41) is 8.95. The average Bonchev–Trinajstić information content (AvgIpc) is 2.03. The first-order chi connectivity index (χ1) is 5.46. The highest BCUT2D eigenvalue weighted by atomic mass is 16.4. The molecule has 0 amide bonds.